The number of amides is 1. The molecule has 1 amide bonds. The fourth-order valence-electron chi connectivity index (χ4n) is 3.53. The average molecular weight is 406 g/mol. The summed E-state index contributed by atoms with van der Waals surface area (Å²) < 4.78 is 43.0. The number of ether oxygens (including phenoxy) is 1. The lowest BCUT2D eigenvalue weighted by atomic mass is 10.00. The van der Waals surface area contributed by atoms with Crippen molar-refractivity contribution in [3.63, 3.8) is 0 Å². The third-order valence-corrected chi connectivity index (χ3v) is 5.28. The van der Waals surface area contributed by atoms with Gasteiger partial charge in [-0.1, -0.05) is 30.3 Å². The van der Waals surface area contributed by atoms with Gasteiger partial charge in [0.15, 0.2) is 6.61 Å². The molecule has 2 aromatic rings. The Morgan fingerprint density at radius 3 is 2.31 bits per heavy atom. The molecule has 1 unspecified atom stereocenters. The van der Waals surface area contributed by atoms with E-state index in [0.29, 0.717) is 6.04 Å². The van der Waals surface area contributed by atoms with Crippen molar-refractivity contribution in [1.29, 1.82) is 0 Å². The number of benzene rings is 2. The number of carbonyl (C=O) groups excluding carboxylic acids is 1. The van der Waals surface area contributed by atoms with Gasteiger partial charge in [0.2, 0.25) is 0 Å². The van der Waals surface area contributed by atoms with Crippen LogP contribution in [0.25, 0.3) is 0 Å². The van der Waals surface area contributed by atoms with Gasteiger partial charge in [-0.15, -0.1) is 0 Å². The van der Waals surface area contributed by atoms with Crippen molar-refractivity contribution in [2.45, 2.75) is 38.0 Å². The highest BCUT2D eigenvalue weighted by Gasteiger charge is 2.30. The van der Waals surface area contributed by atoms with Crippen LogP contribution in [0.2, 0.25) is 0 Å². The Bertz CT molecular complexity index is 786. The number of hydrogen-bond acceptors (Lipinski definition) is 3. The summed E-state index contributed by atoms with van der Waals surface area (Å²) in [5, 5.41) is 2.95. The standard InChI is InChI=1S/C22H25F3N2O2/c1-16(17-5-3-2-4-6-17)27-13-11-19(12-14-27)26-21(28)15-29-20-9-7-18(8-10-20)22(23,24)25/h2-10,16,19H,11-15H2,1H3,(H,26,28). The van der Waals surface area contributed by atoms with Crippen molar-refractivity contribution in [2.75, 3.05) is 19.7 Å². The van der Waals surface area contributed by atoms with Gasteiger partial charge in [-0.05, 0) is 49.6 Å². The van der Waals surface area contributed by atoms with Gasteiger partial charge in [0, 0.05) is 25.2 Å². The van der Waals surface area contributed by atoms with E-state index in [2.05, 4.69) is 29.3 Å². The summed E-state index contributed by atoms with van der Waals surface area (Å²) in [6, 6.07) is 15.1. The van der Waals surface area contributed by atoms with Crippen molar-refractivity contribution in [3.8, 4) is 5.75 Å². The van der Waals surface area contributed by atoms with Crippen LogP contribution in [0.4, 0.5) is 13.2 Å². The lowest BCUT2D eigenvalue weighted by molar-refractivity contribution is -0.137. The number of likely N-dealkylation sites (tertiary alicyclic amines) is 1. The van der Waals surface area contributed by atoms with Crippen LogP contribution in [0.5, 0.6) is 5.75 Å². The average Bonchev–Trinajstić information content (AvgIpc) is 2.72. The fourth-order valence-corrected chi connectivity index (χ4v) is 3.53. The molecule has 0 aliphatic carbocycles. The number of carbonyl (C=O) groups is 1. The Morgan fingerprint density at radius 2 is 1.72 bits per heavy atom. The van der Waals surface area contributed by atoms with Crippen LogP contribution in [0.3, 0.4) is 0 Å². The first-order valence-corrected chi connectivity index (χ1v) is 9.71. The largest absolute Gasteiger partial charge is 0.484 e. The molecule has 4 nitrogen and oxygen atoms in total. The summed E-state index contributed by atoms with van der Waals surface area (Å²) in [4.78, 5) is 14.5. The maximum Gasteiger partial charge on any atom is 0.416 e. The number of alkyl halides is 3. The van der Waals surface area contributed by atoms with Crippen LogP contribution < -0.4 is 10.1 Å². The molecule has 1 saturated heterocycles. The number of halogens is 3. The molecule has 0 bridgehead atoms. The molecule has 3 rings (SSSR count). The van der Waals surface area contributed by atoms with Crippen LogP contribution >= 0.6 is 0 Å². The van der Waals surface area contributed by atoms with E-state index in [1.165, 1.54) is 17.7 Å². The number of nitrogens with zero attached hydrogens (tertiary/aromatic N) is 1. The van der Waals surface area contributed by atoms with Crippen LogP contribution in [0, 0.1) is 0 Å². The first-order chi connectivity index (χ1) is 13.8. The quantitative estimate of drug-likeness (QED) is 0.772. The Morgan fingerprint density at radius 1 is 1.10 bits per heavy atom. The molecule has 2 aromatic carbocycles. The van der Waals surface area contributed by atoms with Gasteiger partial charge in [-0.25, -0.2) is 0 Å². The van der Waals surface area contributed by atoms with Gasteiger partial charge < -0.3 is 10.1 Å². The summed E-state index contributed by atoms with van der Waals surface area (Å²) >= 11 is 0. The predicted molar refractivity (Wildman–Crippen MR) is 105 cm³/mol. The summed E-state index contributed by atoms with van der Waals surface area (Å²) in [6.45, 7) is 3.75. The zero-order valence-corrected chi connectivity index (χ0v) is 16.3. The van der Waals surface area contributed by atoms with E-state index in [-0.39, 0.29) is 24.3 Å². The Labute approximate surface area is 168 Å². The molecule has 1 atom stereocenters. The van der Waals surface area contributed by atoms with E-state index in [0.717, 1.165) is 38.1 Å². The van der Waals surface area contributed by atoms with Crippen molar-refractivity contribution in [2.24, 2.45) is 0 Å². The second-order valence-electron chi connectivity index (χ2n) is 7.28. The van der Waals surface area contributed by atoms with E-state index < -0.39 is 11.7 Å². The molecule has 156 valence electrons. The van der Waals surface area contributed by atoms with Crippen LogP contribution in [-0.2, 0) is 11.0 Å². The molecule has 1 N–H and O–H groups in total. The molecule has 1 aliphatic heterocycles. The van der Waals surface area contributed by atoms with E-state index in [1.54, 1.807) is 0 Å². The van der Waals surface area contributed by atoms with Gasteiger partial charge in [0.05, 0.1) is 5.56 Å². The number of rotatable bonds is 6. The molecule has 1 heterocycles. The topological polar surface area (TPSA) is 41.6 Å². The second-order valence-corrected chi connectivity index (χ2v) is 7.28. The van der Waals surface area contributed by atoms with Gasteiger partial charge in [-0.2, -0.15) is 13.2 Å². The number of piperidine rings is 1. The zero-order chi connectivity index (χ0) is 20.9. The van der Waals surface area contributed by atoms with Crippen LogP contribution in [0.15, 0.2) is 54.6 Å². The first kappa shape index (κ1) is 21.2. The molecular formula is C22H25F3N2O2. The van der Waals surface area contributed by atoms with Crippen LogP contribution in [0.1, 0.15) is 36.9 Å². The first-order valence-electron chi connectivity index (χ1n) is 9.71. The van der Waals surface area contributed by atoms with Crippen molar-refractivity contribution in [1.82, 2.24) is 10.2 Å². The summed E-state index contributed by atoms with van der Waals surface area (Å²) in [5.41, 5.74) is 0.533. The van der Waals surface area contributed by atoms with Gasteiger partial charge in [0.25, 0.3) is 5.91 Å². The third-order valence-electron chi connectivity index (χ3n) is 5.28. The number of hydrogen-bond donors (Lipinski definition) is 1. The van der Waals surface area contributed by atoms with Gasteiger partial charge in [0.1, 0.15) is 5.75 Å². The van der Waals surface area contributed by atoms with Crippen LogP contribution in [-0.4, -0.2) is 36.5 Å². The fraction of sp³-hybridized carbons (Fsp3) is 0.409. The molecule has 0 saturated carbocycles. The third kappa shape index (κ3) is 5.97. The Kier molecular flexibility index (Phi) is 6.79. The highest BCUT2D eigenvalue weighted by molar-refractivity contribution is 5.77. The molecular weight excluding hydrogens is 381 g/mol. The minimum atomic E-state index is -4.39. The lowest BCUT2D eigenvalue weighted by Crippen LogP contribution is -2.46. The molecule has 29 heavy (non-hydrogen) atoms. The molecule has 0 spiro atoms. The predicted octanol–water partition coefficient (Wildman–Crippen LogP) is 4.43. The van der Waals surface area contributed by atoms with Gasteiger partial charge in [-0.3, -0.25) is 9.69 Å². The molecule has 0 radical (unpaired) electrons. The molecule has 0 aromatic heterocycles. The zero-order valence-electron chi connectivity index (χ0n) is 16.3. The number of nitrogens with one attached hydrogen (secondary N) is 1. The highest BCUT2D eigenvalue weighted by atomic mass is 19.4. The van der Waals surface area contributed by atoms with E-state index in [9.17, 15) is 18.0 Å². The molecule has 1 fully saturated rings. The second kappa shape index (κ2) is 9.31. The summed E-state index contributed by atoms with van der Waals surface area (Å²) in [7, 11) is 0. The monoisotopic (exact) mass is 406 g/mol. The SMILES string of the molecule is CC(c1ccccc1)N1CCC(NC(=O)COc2ccc(C(F)(F)F)cc2)CC1. The van der Waals surface area contributed by atoms with Gasteiger partial charge >= 0.3 is 6.18 Å². The normalized spacial score (nSPS) is 17.0. The van der Waals surface area contributed by atoms with Crippen molar-refractivity contribution < 1.29 is 22.7 Å². The molecule has 1 aliphatic rings. The maximum absolute atomic E-state index is 12.6. The van der Waals surface area contributed by atoms with Crippen molar-refractivity contribution >= 4 is 5.91 Å². The Hall–Kier alpha value is -2.54. The van der Waals surface area contributed by atoms with E-state index in [4.69, 9.17) is 4.74 Å². The minimum absolute atomic E-state index is 0.0814. The lowest BCUT2D eigenvalue weighted by Gasteiger charge is -2.36. The highest BCUT2D eigenvalue weighted by Crippen LogP contribution is 2.30. The smallest absolute Gasteiger partial charge is 0.416 e. The molecule has 7 heteroatoms. The van der Waals surface area contributed by atoms with Crippen molar-refractivity contribution in [3.05, 3.63) is 65.7 Å². The minimum Gasteiger partial charge on any atom is -0.484 e. The summed E-state index contributed by atoms with van der Waals surface area (Å²) in [6.07, 6.45) is -2.69. The summed E-state index contributed by atoms with van der Waals surface area (Å²) in [5.74, 6) is -0.0286. The maximum atomic E-state index is 12.6. The van der Waals surface area contributed by atoms with E-state index >= 15 is 0 Å². The Balaban J connectivity index is 1.41. The van der Waals surface area contributed by atoms with E-state index in [1.807, 2.05) is 18.2 Å².